The Kier molecular flexibility index (Phi) is 5.80. The van der Waals surface area contributed by atoms with Crippen molar-refractivity contribution in [3.05, 3.63) is 72.6 Å². The first-order valence-electron chi connectivity index (χ1n) is 12.2. The zero-order chi connectivity index (χ0) is 23.8. The zero-order valence-electron chi connectivity index (χ0n) is 20.2. The van der Waals surface area contributed by atoms with Crippen molar-refractivity contribution in [3.63, 3.8) is 0 Å². The van der Waals surface area contributed by atoms with E-state index < -0.39 is 0 Å². The summed E-state index contributed by atoms with van der Waals surface area (Å²) in [6.45, 7) is 4.25. The minimum Gasteiger partial charge on any atom is -0.486 e. The average Bonchev–Trinajstić information content (AvgIpc) is 3.65. The summed E-state index contributed by atoms with van der Waals surface area (Å²) in [5.41, 5.74) is 5.28. The highest BCUT2D eigenvalue weighted by Crippen LogP contribution is 2.35. The Balaban J connectivity index is 1.27. The molecule has 35 heavy (non-hydrogen) atoms. The number of benzene rings is 2. The van der Waals surface area contributed by atoms with E-state index in [-0.39, 0.29) is 0 Å². The van der Waals surface area contributed by atoms with E-state index in [4.69, 9.17) is 19.0 Å². The maximum absolute atomic E-state index is 5.75. The van der Waals surface area contributed by atoms with E-state index in [1.54, 1.807) is 6.26 Å². The lowest BCUT2D eigenvalue weighted by Crippen LogP contribution is -2.33. The molecule has 0 saturated carbocycles. The van der Waals surface area contributed by atoms with Gasteiger partial charge in [-0.25, -0.2) is 4.68 Å². The summed E-state index contributed by atoms with van der Waals surface area (Å²) in [6, 6.07) is 19.0. The van der Waals surface area contributed by atoms with Crippen molar-refractivity contribution in [3.8, 4) is 39.8 Å². The molecule has 2 aromatic heterocycles. The number of hydrogen-bond donors (Lipinski definition) is 0. The van der Waals surface area contributed by atoms with Crippen LogP contribution in [0.1, 0.15) is 12.0 Å². The predicted molar refractivity (Wildman–Crippen MR) is 135 cm³/mol. The largest absolute Gasteiger partial charge is 0.486 e. The van der Waals surface area contributed by atoms with Gasteiger partial charge in [0.25, 0.3) is 0 Å². The maximum atomic E-state index is 5.75. The van der Waals surface area contributed by atoms with E-state index in [2.05, 4.69) is 60.4 Å². The molecule has 1 saturated heterocycles. The van der Waals surface area contributed by atoms with Crippen molar-refractivity contribution in [1.82, 2.24) is 19.6 Å². The van der Waals surface area contributed by atoms with Crippen LogP contribution in [0.2, 0.25) is 0 Å². The first kappa shape index (κ1) is 21.9. The lowest BCUT2D eigenvalue weighted by molar-refractivity contribution is 0.171. The summed E-state index contributed by atoms with van der Waals surface area (Å²) >= 11 is 0. The van der Waals surface area contributed by atoms with Gasteiger partial charge in [0.05, 0.1) is 12.0 Å². The van der Waals surface area contributed by atoms with Crippen molar-refractivity contribution in [2.75, 3.05) is 40.4 Å². The Labute approximate surface area is 205 Å². The third-order valence-corrected chi connectivity index (χ3v) is 6.96. The third kappa shape index (κ3) is 4.45. The molecular formula is C28H30N4O3. The molecule has 7 nitrogen and oxygen atoms in total. The quantitative estimate of drug-likeness (QED) is 0.407. The monoisotopic (exact) mass is 470 g/mol. The van der Waals surface area contributed by atoms with Crippen molar-refractivity contribution in [2.45, 2.75) is 19.0 Å². The fourth-order valence-electron chi connectivity index (χ4n) is 4.98. The van der Waals surface area contributed by atoms with Gasteiger partial charge in [0, 0.05) is 30.9 Å². The van der Waals surface area contributed by atoms with Crippen LogP contribution in [-0.2, 0) is 6.54 Å². The first-order chi connectivity index (χ1) is 17.1. The Morgan fingerprint density at radius 2 is 1.80 bits per heavy atom. The number of rotatable bonds is 6. The third-order valence-electron chi connectivity index (χ3n) is 6.96. The number of hydrogen-bond acceptors (Lipinski definition) is 6. The molecule has 4 aromatic rings. The number of nitrogens with zero attached hydrogens (tertiary/aromatic N) is 4. The first-order valence-corrected chi connectivity index (χ1v) is 12.2. The molecule has 0 radical (unpaired) electrons. The Hall–Kier alpha value is -3.55. The van der Waals surface area contributed by atoms with Crippen LogP contribution in [-0.4, -0.2) is 66.0 Å². The molecule has 6 rings (SSSR count). The summed E-state index contributed by atoms with van der Waals surface area (Å²) in [6.07, 6.45) is 5.03. The van der Waals surface area contributed by atoms with Gasteiger partial charge in [-0.15, -0.1) is 0 Å². The molecule has 1 unspecified atom stereocenters. The zero-order valence-corrected chi connectivity index (χ0v) is 20.2. The van der Waals surface area contributed by atoms with Gasteiger partial charge < -0.3 is 18.8 Å². The highest BCUT2D eigenvalue weighted by atomic mass is 16.6. The van der Waals surface area contributed by atoms with E-state index in [1.807, 2.05) is 28.9 Å². The SMILES string of the molecule is CN1CCC(N(C)Cc2cn(-c3ccc(-c4ccc5c(c4)OCCO5)cc3)nc2-c2ccco2)C1. The van der Waals surface area contributed by atoms with Gasteiger partial charge in [0.2, 0.25) is 0 Å². The summed E-state index contributed by atoms with van der Waals surface area (Å²) in [7, 11) is 4.39. The van der Waals surface area contributed by atoms with Crippen molar-refractivity contribution in [2.24, 2.45) is 0 Å². The minimum absolute atomic E-state index is 0.554. The Morgan fingerprint density at radius 3 is 2.54 bits per heavy atom. The fraction of sp³-hybridized carbons (Fsp3) is 0.321. The summed E-state index contributed by atoms with van der Waals surface area (Å²) in [4.78, 5) is 4.82. The summed E-state index contributed by atoms with van der Waals surface area (Å²) in [5, 5.41) is 4.93. The lowest BCUT2D eigenvalue weighted by Gasteiger charge is -2.23. The normalized spacial score (nSPS) is 17.9. The highest BCUT2D eigenvalue weighted by molar-refractivity contribution is 5.68. The van der Waals surface area contributed by atoms with Gasteiger partial charge in [0.1, 0.15) is 18.9 Å². The van der Waals surface area contributed by atoms with E-state index in [1.165, 1.54) is 6.42 Å². The lowest BCUT2D eigenvalue weighted by atomic mass is 10.0. The van der Waals surface area contributed by atoms with Crippen LogP contribution in [0.25, 0.3) is 28.3 Å². The van der Waals surface area contributed by atoms with Gasteiger partial charge in [-0.3, -0.25) is 4.90 Å². The number of furan rings is 1. The molecule has 0 spiro atoms. The van der Waals surface area contributed by atoms with Crippen LogP contribution >= 0.6 is 0 Å². The Morgan fingerprint density at radius 1 is 1.00 bits per heavy atom. The molecule has 1 atom stereocenters. The van der Waals surface area contributed by atoms with Crippen LogP contribution in [0.15, 0.2) is 71.5 Å². The van der Waals surface area contributed by atoms with E-state index in [0.717, 1.165) is 65.0 Å². The van der Waals surface area contributed by atoms with E-state index >= 15 is 0 Å². The van der Waals surface area contributed by atoms with Crippen molar-refractivity contribution < 1.29 is 13.9 Å². The number of aromatic nitrogens is 2. The topological polar surface area (TPSA) is 55.9 Å². The summed E-state index contributed by atoms with van der Waals surface area (Å²) < 4.78 is 19.1. The standard InChI is InChI=1S/C28H30N4O3/c1-30-12-11-24(19-30)31(2)17-22-18-32(29-28(22)26-4-3-13-33-26)23-8-5-20(6-9-23)21-7-10-25-27(16-21)35-15-14-34-25/h3-10,13,16,18,24H,11-12,14-15,17,19H2,1-2H3. The number of ether oxygens (including phenoxy) is 2. The molecule has 7 heteroatoms. The van der Waals surface area contributed by atoms with E-state index in [9.17, 15) is 0 Å². The highest BCUT2D eigenvalue weighted by Gasteiger charge is 2.25. The maximum Gasteiger partial charge on any atom is 0.161 e. The number of fused-ring (bicyclic) bond motifs is 1. The van der Waals surface area contributed by atoms with Crippen LogP contribution < -0.4 is 9.47 Å². The molecule has 0 aliphatic carbocycles. The van der Waals surface area contributed by atoms with Crippen LogP contribution in [0.3, 0.4) is 0 Å². The van der Waals surface area contributed by atoms with Crippen molar-refractivity contribution in [1.29, 1.82) is 0 Å². The fourth-order valence-corrected chi connectivity index (χ4v) is 4.98. The van der Waals surface area contributed by atoms with E-state index in [0.29, 0.717) is 19.3 Å². The van der Waals surface area contributed by atoms with Gasteiger partial charge >= 0.3 is 0 Å². The summed E-state index contributed by atoms with van der Waals surface area (Å²) in [5.74, 6) is 2.40. The van der Waals surface area contributed by atoms with Crippen LogP contribution in [0.5, 0.6) is 11.5 Å². The molecule has 0 bridgehead atoms. The smallest absolute Gasteiger partial charge is 0.161 e. The molecule has 2 aromatic carbocycles. The molecule has 2 aliphatic rings. The average molecular weight is 471 g/mol. The second-order valence-electron chi connectivity index (χ2n) is 9.45. The molecule has 4 heterocycles. The minimum atomic E-state index is 0.554. The number of likely N-dealkylation sites (N-methyl/N-ethyl adjacent to an activating group) is 2. The molecule has 2 aliphatic heterocycles. The van der Waals surface area contributed by atoms with Gasteiger partial charge in [0.15, 0.2) is 17.3 Å². The van der Waals surface area contributed by atoms with Gasteiger partial charge in [-0.2, -0.15) is 5.10 Å². The van der Waals surface area contributed by atoms with Gasteiger partial charge in [-0.1, -0.05) is 18.2 Å². The number of likely N-dealkylation sites (tertiary alicyclic amines) is 1. The molecule has 0 N–H and O–H groups in total. The molecule has 1 fully saturated rings. The van der Waals surface area contributed by atoms with Gasteiger partial charge in [-0.05, 0) is 74.6 Å². The second-order valence-corrected chi connectivity index (χ2v) is 9.45. The molecular weight excluding hydrogens is 440 g/mol. The molecule has 0 amide bonds. The Bertz CT molecular complexity index is 1300. The van der Waals surface area contributed by atoms with Crippen molar-refractivity contribution >= 4 is 0 Å². The second kappa shape index (κ2) is 9.24. The predicted octanol–water partition coefficient (Wildman–Crippen LogP) is 4.71. The molecule has 180 valence electrons. The van der Waals surface area contributed by atoms with Crippen LogP contribution in [0.4, 0.5) is 0 Å². The van der Waals surface area contributed by atoms with Crippen LogP contribution in [0, 0.1) is 0 Å².